The summed E-state index contributed by atoms with van der Waals surface area (Å²) >= 11 is 0. The van der Waals surface area contributed by atoms with Gasteiger partial charge in [-0.3, -0.25) is 4.79 Å². The van der Waals surface area contributed by atoms with Crippen LogP contribution in [0.5, 0.6) is 0 Å². The smallest absolute Gasteiger partial charge is 0.293 e. The Kier molecular flexibility index (Phi) is 3.78. The van der Waals surface area contributed by atoms with E-state index in [2.05, 4.69) is 10.3 Å². The third-order valence-corrected chi connectivity index (χ3v) is 3.03. The first kappa shape index (κ1) is 12.1. The van der Waals surface area contributed by atoms with Crippen molar-refractivity contribution >= 4 is 5.82 Å². The van der Waals surface area contributed by atoms with Crippen molar-refractivity contribution < 1.29 is 0 Å². The third-order valence-electron chi connectivity index (χ3n) is 3.03. The summed E-state index contributed by atoms with van der Waals surface area (Å²) in [6.45, 7) is 2.73. The SMILES string of the molecule is CC(CCCN)Nc1nccn(C2CC2)c1=O. The molecule has 94 valence electrons. The fraction of sp³-hybridized carbons (Fsp3) is 0.667. The van der Waals surface area contributed by atoms with Crippen LogP contribution in [0.1, 0.15) is 38.6 Å². The number of aromatic nitrogens is 2. The summed E-state index contributed by atoms with van der Waals surface area (Å²) in [5, 5.41) is 3.17. The summed E-state index contributed by atoms with van der Waals surface area (Å²) in [7, 11) is 0. The van der Waals surface area contributed by atoms with Crippen LogP contribution in [0.4, 0.5) is 5.82 Å². The van der Waals surface area contributed by atoms with Gasteiger partial charge in [-0.1, -0.05) is 0 Å². The number of nitrogens with one attached hydrogen (secondary N) is 1. The zero-order valence-electron chi connectivity index (χ0n) is 10.2. The highest BCUT2D eigenvalue weighted by atomic mass is 16.1. The van der Waals surface area contributed by atoms with Gasteiger partial charge >= 0.3 is 0 Å². The maximum atomic E-state index is 12.1. The van der Waals surface area contributed by atoms with Crippen LogP contribution in [0.25, 0.3) is 0 Å². The number of hydrogen-bond donors (Lipinski definition) is 2. The summed E-state index contributed by atoms with van der Waals surface area (Å²) in [6, 6.07) is 0.624. The van der Waals surface area contributed by atoms with Gasteiger partial charge in [-0.2, -0.15) is 0 Å². The van der Waals surface area contributed by atoms with E-state index in [1.54, 1.807) is 17.0 Å². The molecule has 0 saturated heterocycles. The molecule has 1 unspecified atom stereocenters. The highest BCUT2D eigenvalue weighted by molar-refractivity contribution is 5.32. The summed E-state index contributed by atoms with van der Waals surface area (Å²) < 4.78 is 1.78. The molecule has 0 aromatic carbocycles. The highest BCUT2D eigenvalue weighted by Gasteiger charge is 2.25. The van der Waals surface area contributed by atoms with Crippen molar-refractivity contribution in [2.75, 3.05) is 11.9 Å². The summed E-state index contributed by atoms with van der Waals surface area (Å²) in [5.74, 6) is 0.462. The van der Waals surface area contributed by atoms with E-state index < -0.39 is 0 Å². The molecular weight excluding hydrogens is 216 g/mol. The molecule has 0 amide bonds. The molecule has 3 N–H and O–H groups in total. The monoisotopic (exact) mass is 236 g/mol. The van der Waals surface area contributed by atoms with Gasteiger partial charge in [0.1, 0.15) is 0 Å². The van der Waals surface area contributed by atoms with Crippen molar-refractivity contribution in [2.45, 2.75) is 44.7 Å². The van der Waals surface area contributed by atoms with Crippen molar-refractivity contribution in [1.29, 1.82) is 0 Å². The van der Waals surface area contributed by atoms with Crippen LogP contribution in [0.2, 0.25) is 0 Å². The van der Waals surface area contributed by atoms with Gasteiger partial charge in [0, 0.05) is 24.5 Å². The molecule has 1 aromatic rings. The topological polar surface area (TPSA) is 72.9 Å². The number of rotatable bonds is 6. The predicted octanol–water partition coefficient (Wildman–Crippen LogP) is 1.12. The first-order chi connectivity index (χ1) is 8.22. The Hall–Kier alpha value is -1.36. The van der Waals surface area contributed by atoms with Crippen molar-refractivity contribution in [3.63, 3.8) is 0 Å². The molecule has 1 fully saturated rings. The van der Waals surface area contributed by atoms with Crippen LogP contribution < -0.4 is 16.6 Å². The van der Waals surface area contributed by atoms with Gasteiger partial charge in [0.25, 0.3) is 5.56 Å². The fourth-order valence-corrected chi connectivity index (χ4v) is 1.89. The van der Waals surface area contributed by atoms with Crippen LogP contribution >= 0.6 is 0 Å². The Morgan fingerprint density at radius 3 is 3.06 bits per heavy atom. The second-order valence-electron chi connectivity index (χ2n) is 4.70. The van der Waals surface area contributed by atoms with Gasteiger partial charge in [-0.05, 0) is 39.2 Å². The summed E-state index contributed by atoms with van der Waals surface area (Å²) in [5.41, 5.74) is 5.46. The summed E-state index contributed by atoms with van der Waals surface area (Å²) in [4.78, 5) is 16.2. The van der Waals surface area contributed by atoms with Crippen LogP contribution in [0.3, 0.4) is 0 Å². The number of hydrogen-bond acceptors (Lipinski definition) is 4. The van der Waals surface area contributed by atoms with E-state index in [4.69, 9.17) is 5.73 Å². The Morgan fingerprint density at radius 2 is 2.41 bits per heavy atom. The zero-order valence-corrected chi connectivity index (χ0v) is 10.2. The van der Waals surface area contributed by atoms with E-state index in [1.807, 2.05) is 6.92 Å². The molecule has 1 aliphatic carbocycles. The second kappa shape index (κ2) is 5.31. The normalized spacial score (nSPS) is 16.8. The molecule has 1 aromatic heterocycles. The number of nitrogens with two attached hydrogens (primary N) is 1. The van der Waals surface area contributed by atoms with Gasteiger partial charge in [-0.25, -0.2) is 4.98 Å². The minimum Gasteiger partial charge on any atom is -0.363 e. The molecule has 5 nitrogen and oxygen atoms in total. The Labute approximate surface area is 101 Å². The molecule has 1 atom stereocenters. The van der Waals surface area contributed by atoms with E-state index in [9.17, 15) is 4.79 Å². The Bertz CT molecular complexity index is 425. The van der Waals surface area contributed by atoms with E-state index in [0.717, 1.165) is 25.7 Å². The maximum Gasteiger partial charge on any atom is 0.293 e. The lowest BCUT2D eigenvalue weighted by molar-refractivity contribution is 0.651. The average molecular weight is 236 g/mol. The van der Waals surface area contributed by atoms with Crippen molar-refractivity contribution in [2.24, 2.45) is 5.73 Å². The minimum atomic E-state index is -0.00500. The summed E-state index contributed by atoms with van der Waals surface area (Å²) in [6.07, 6.45) is 7.58. The Balaban J connectivity index is 2.05. The first-order valence-electron chi connectivity index (χ1n) is 6.26. The van der Waals surface area contributed by atoms with Crippen molar-refractivity contribution in [1.82, 2.24) is 9.55 Å². The van der Waals surface area contributed by atoms with E-state index in [-0.39, 0.29) is 11.6 Å². The maximum absolute atomic E-state index is 12.1. The molecule has 1 saturated carbocycles. The predicted molar refractivity (Wildman–Crippen MR) is 68.1 cm³/mol. The number of anilines is 1. The van der Waals surface area contributed by atoms with E-state index >= 15 is 0 Å². The molecule has 1 aliphatic rings. The quantitative estimate of drug-likeness (QED) is 0.776. The van der Waals surface area contributed by atoms with Crippen LogP contribution in [-0.2, 0) is 0 Å². The third kappa shape index (κ3) is 3.06. The van der Waals surface area contributed by atoms with Gasteiger partial charge < -0.3 is 15.6 Å². The van der Waals surface area contributed by atoms with Gasteiger partial charge in [0.2, 0.25) is 0 Å². The lowest BCUT2D eigenvalue weighted by atomic mass is 10.2. The zero-order chi connectivity index (χ0) is 12.3. The molecule has 0 aliphatic heterocycles. The van der Waals surface area contributed by atoms with Gasteiger partial charge in [0.15, 0.2) is 5.82 Å². The highest BCUT2D eigenvalue weighted by Crippen LogP contribution is 2.33. The largest absolute Gasteiger partial charge is 0.363 e. The average Bonchev–Trinajstić information content (AvgIpc) is 3.13. The van der Waals surface area contributed by atoms with Crippen molar-refractivity contribution in [3.05, 3.63) is 22.7 Å². The van der Waals surface area contributed by atoms with Gasteiger partial charge in [-0.15, -0.1) is 0 Å². The minimum absolute atomic E-state index is 0.00500. The van der Waals surface area contributed by atoms with Crippen LogP contribution in [0, 0.1) is 0 Å². The molecule has 0 bridgehead atoms. The first-order valence-corrected chi connectivity index (χ1v) is 6.26. The number of nitrogens with zero attached hydrogens (tertiary/aromatic N) is 2. The van der Waals surface area contributed by atoms with Crippen LogP contribution in [0.15, 0.2) is 17.2 Å². The molecular formula is C12H20N4O. The second-order valence-corrected chi connectivity index (χ2v) is 4.70. The standard InChI is InChI=1S/C12H20N4O/c1-9(3-2-6-13)15-11-12(17)16(8-7-14-11)10-4-5-10/h7-10H,2-6,13H2,1H3,(H,14,15). The molecule has 0 radical (unpaired) electrons. The fourth-order valence-electron chi connectivity index (χ4n) is 1.89. The van der Waals surface area contributed by atoms with Crippen molar-refractivity contribution in [3.8, 4) is 0 Å². The molecule has 0 spiro atoms. The van der Waals surface area contributed by atoms with Crippen LogP contribution in [-0.4, -0.2) is 22.1 Å². The van der Waals surface area contributed by atoms with E-state index in [1.165, 1.54) is 0 Å². The lowest BCUT2D eigenvalue weighted by Gasteiger charge is -2.14. The Morgan fingerprint density at radius 1 is 1.65 bits per heavy atom. The molecule has 17 heavy (non-hydrogen) atoms. The molecule has 5 heteroatoms. The molecule has 1 heterocycles. The van der Waals surface area contributed by atoms with Gasteiger partial charge in [0.05, 0.1) is 0 Å². The lowest BCUT2D eigenvalue weighted by Crippen LogP contribution is -2.27. The van der Waals surface area contributed by atoms with E-state index in [0.29, 0.717) is 18.4 Å². The molecule has 2 rings (SSSR count).